The Hall–Kier alpha value is -3.92. The first-order chi connectivity index (χ1) is 23.9. The van der Waals surface area contributed by atoms with Gasteiger partial charge >= 0.3 is 0 Å². The molecule has 0 amide bonds. The Bertz CT molecular complexity index is 1430. The fraction of sp³-hybridized carbons (Fsp3) is 0.467. The number of ether oxygens (including phenoxy) is 2. The van der Waals surface area contributed by atoms with Crippen molar-refractivity contribution in [2.75, 3.05) is 11.5 Å². The van der Waals surface area contributed by atoms with Gasteiger partial charge in [0.05, 0.1) is 0 Å². The Morgan fingerprint density at radius 2 is 0.796 bits per heavy atom. The van der Waals surface area contributed by atoms with E-state index in [9.17, 15) is 0 Å². The molecule has 0 saturated heterocycles. The minimum atomic E-state index is 0.714. The molecule has 0 saturated carbocycles. The smallest absolute Gasteiger partial charge is 0.133 e. The highest BCUT2D eigenvalue weighted by Gasteiger charge is 2.17. The minimum Gasteiger partial charge on any atom is -0.457 e. The molecule has 4 aromatic rings. The Morgan fingerprint density at radius 3 is 1.16 bits per heavy atom. The number of anilines is 2. The van der Waals surface area contributed by atoms with Crippen LogP contribution in [0.5, 0.6) is 23.0 Å². The molecule has 49 heavy (non-hydrogen) atoms. The number of nitrogens with two attached hydrogens (primary N) is 2. The molecular weight excluding hydrogens is 601 g/mol. The van der Waals surface area contributed by atoms with Crippen LogP contribution in [0.1, 0.15) is 137 Å². The van der Waals surface area contributed by atoms with Crippen LogP contribution in [-0.2, 0) is 19.3 Å². The van der Waals surface area contributed by atoms with Crippen molar-refractivity contribution in [3.63, 3.8) is 0 Å². The summed E-state index contributed by atoms with van der Waals surface area (Å²) in [5, 5.41) is 0. The summed E-state index contributed by atoms with van der Waals surface area (Å²) in [5.74, 6) is 3.42. The van der Waals surface area contributed by atoms with Crippen molar-refractivity contribution in [1.82, 2.24) is 0 Å². The van der Waals surface area contributed by atoms with Crippen LogP contribution in [0, 0.1) is 13.8 Å². The summed E-state index contributed by atoms with van der Waals surface area (Å²) >= 11 is 0. The van der Waals surface area contributed by atoms with Gasteiger partial charge in [0.2, 0.25) is 0 Å². The molecule has 0 aliphatic carbocycles. The van der Waals surface area contributed by atoms with E-state index < -0.39 is 0 Å². The molecule has 0 bridgehead atoms. The summed E-state index contributed by atoms with van der Waals surface area (Å²) < 4.78 is 13.3. The lowest BCUT2D eigenvalue weighted by Gasteiger charge is -2.20. The Balaban J connectivity index is 1.63. The van der Waals surface area contributed by atoms with Gasteiger partial charge in [0, 0.05) is 17.8 Å². The van der Waals surface area contributed by atoms with Crippen molar-refractivity contribution in [1.29, 1.82) is 0 Å². The summed E-state index contributed by atoms with van der Waals surface area (Å²) in [6, 6.07) is 24.8. The quantitative estimate of drug-likeness (QED) is 0.0649. The molecule has 4 heteroatoms. The number of aryl methyl sites for hydroxylation is 4. The van der Waals surface area contributed by atoms with Crippen LogP contribution < -0.4 is 20.9 Å². The van der Waals surface area contributed by atoms with Crippen LogP contribution in [-0.4, -0.2) is 0 Å². The van der Waals surface area contributed by atoms with Gasteiger partial charge in [-0.15, -0.1) is 0 Å². The maximum absolute atomic E-state index is 6.64. The van der Waals surface area contributed by atoms with Crippen LogP contribution >= 0.6 is 0 Å². The zero-order chi connectivity index (χ0) is 34.8. The lowest BCUT2D eigenvalue weighted by atomic mass is 9.93. The second-order valence-corrected chi connectivity index (χ2v) is 14.1. The summed E-state index contributed by atoms with van der Waals surface area (Å²) in [4.78, 5) is 0. The van der Waals surface area contributed by atoms with Crippen molar-refractivity contribution in [2.45, 2.75) is 137 Å². The highest BCUT2D eigenvalue weighted by atomic mass is 16.5. The second kappa shape index (κ2) is 20.6. The fourth-order valence-corrected chi connectivity index (χ4v) is 6.78. The standard InChI is InChI=1S/C45H62N2O2/c1-5-7-9-11-13-15-17-19-36-29-34(3)44(48-42-25-21-40(46)22-26-42)38(31-36)33-39-32-37(20-18-16-14-12-10-8-6-2)30-35(4)45(39)49-43-27-23-41(47)24-28-43/h21-32H,5-20,33,46-47H2,1-4H3. The maximum Gasteiger partial charge on any atom is 0.133 e. The number of unbranched alkanes of at least 4 members (excludes halogenated alkanes) is 12. The summed E-state index contributed by atoms with van der Waals surface area (Å²) in [5.41, 5.74) is 20.9. The normalized spacial score (nSPS) is 11.2. The minimum absolute atomic E-state index is 0.714. The van der Waals surface area contributed by atoms with Gasteiger partial charge in [0.1, 0.15) is 23.0 Å². The van der Waals surface area contributed by atoms with Crippen LogP contribution in [0.25, 0.3) is 0 Å². The fourth-order valence-electron chi connectivity index (χ4n) is 6.78. The van der Waals surface area contributed by atoms with Gasteiger partial charge in [-0.1, -0.05) is 115 Å². The van der Waals surface area contributed by atoms with Crippen LogP contribution in [0.4, 0.5) is 11.4 Å². The molecule has 0 aliphatic heterocycles. The SMILES string of the molecule is CCCCCCCCCc1cc(C)c(Oc2ccc(N)cc2)c(Cc2cc(CCCCCCCCC)cc(C)c2Oc2ccc(N)cc2)c1. The average molecular weight is 663 g/mol. The first-order valence-electron chi connectivity index (χ1n) is 19.2. The molecule has 0 heterocycles. The number of nitrogen functional groups attached to an aromatic ring is 2. The van der Waals surface area contributed by atoms with E-state index >= 15 is 0 Å². The third-order valence-corrected chi connectivity index (χ3v) is 9.54. The number of benzene rings is 4. The van der Waals surface area contributed by atoms with E-state index in [0.29, 0.717) is 6.42 Å². The monoisotopic (exact) mass is 662 g/mol. The molecule has 4 aromatic carbocycles. The molecule has 0 radical (unpaired) electrons. The average Bonchev–Trinajstić information content (AvgIpc) is 3.08. The zero-order valence-corrected chi connectivity index (χ0v) is 30.9. The molecular formula is C45H62N2O2. The topological polar surface area (TPSA) is 70.5 Å². The van der Waals surface area contributed by atoms with E-state index in [1.807, 2.05) is 48.5 Å². The predicted molar refractivity (Wildman–Crippen MR) is 210 cm³/mol. The van der Waals surface area contributed by atoms with E-state index in [-0.39, 0.29) is 0 Å². The van der Waals surface area contributed by atoms with Gasteiger partial charge in [-0.05, 0) is 121 Å². The zero-order valence-electron chi connectivity index (χ0n) is 30.9. The van der Waals surface area contributed by atoms with Crippen molar-refractivity contribution in [3.8, 4) is 23.0 Å². The highest BCUT2D eigenvalue weighted by molar-refractivity contribution is 5.54. The molecule has 264 valence electrons. The third kappa shape index (κ3) is 12.8. The number of hydrogen-bond donors (Lipinski definition) is 2. The second-order valence-electron chi connectivity index (χ2n) is 14.1. The van der Waals surface area contributed by atoms with E-state index in [0.717, 1.165) is 58.3 Å². The summed E-state index contributed by atoms with van der Waals surface area (Å²) in [6.07, 6.45) is 21.2. The van der Waals surface area contributed by atoms with Gasteiger partial charge < -0.3 is 20.9 Å². The van der Waals surface area contributed by atoms with Crippen molar-refractivity contribution in [2.24, 2.45) is 0 Å². The van der Waals surface area contributed by atoms with Gasteiger partial charge in [-0.3, -0.25) is 0 Å². The van der Waals surface area contributed by atoms with Gasteiger partial charge in [0.15, 0.2) is 0 Å². The molecule has 0 aliphatic rings. The van der Waals surface area contributed by atoms with E-state index in [4.69, 9.17) is 20.9 Å². The van der Waals surface area contributed by atoms with Gasteiger partial charge in [-0.2, -0.15) is 0 Å². The van der Waals surface area contributed by atoms with E-state index in [1.165, 1.54) is 112 Å². The molecule has 0 aromatic heterocycles. The number of hydrogen-bond acceptors (Lipinski definition) is 4. The number of rotatable bonds is 22. The largest absolute Gasteiger partial charge is 0.457 e. The van der Waals surface area contributed by atoms with Crippen LogP contribution in [0.2, 0.25) is 0 Å². The molecule has 4 nitrogen and oxygen atoms in total. The predicted octanol–water partition coefficient (Wildman–Crippen LogP) is 13.2. The van der Waals surface area contributed by atoms with Crippen molar-refractivity contribution < 1.29 is 9.47 Å². The van der Waals surface area contributed by atoms with Gasteiger partial charge in [0.25, 0.3) is 0 Å². The molecule has 0 fully saturated rings. The van der Waals surface area contributed by atoms with Crippen molar-refractivity contribution in [3.05, 3.63) is 106 Å². The van der Waals surface area contributed by atoms with Crippen LogP contribution in [0.3, 0.4) is 0 Å². The Labute approximate surface area is 297 Å². The van der Waals surface area contributed by atoms with Crippen molar-refractivity contribution >= 4 is 11.4 Å². The highest BCUT2D eigenvalue weighted by Crippen LogP contribution is 2.38. The Morgan fingerprint density at radius 1 is 0.449 bits per heavy atom. The summed E-state index contributed by atoms with van der Waals surface area (Å²) in [7, 11) is 0. The summed E-state index contributed by atoms with van der Waals surface area (Å²) in [6.45, 7) is 8.92. The molecule has 0 unspecified atom stereocenters. The lowest BCUT2D eigenvalue weighted by molar-refractivity contribution is 0.467. The Kier molecular flexibility index (Phi) is 15.9. The lowest BCUT2D eigenvalue weighted by Crippen LogP contribution is -2.03. The molecule has 4 rings (SSSR count). The first kappa shape index (κ1) is 37.9. The third-order valence-electron chi connectivity index (χ3n) is 9.54. The van der Waals surface area contributed by atoms with E-state index in [2.05, 4.69) is 52.0 Å². The van der Waals surface area contributed by atoms with Gasteiger partial charge in [-0.25, -0.2) is 0 Å². The molecule has 4 N–H and O–H groups in total. The van der Waals surface area contributed by atoms with E-state index in [1.54, 1.807) is 0 Å². The molecule has 0 atom stereocenters. The van der Waals surface area contributed by atoms with Crippen LogP contribution in [0.15, 0.2) is 72.8 Å². The maximum atomic E-state index is 6.64. The first-order valence-corrected chi connectivity index (χ1v) is 19.2. The molecule has 0 spiro atoms.